The first kappa shape index (κ1) is 18.6. The molecule has 0 saturated heterocycles. The van der Waals surface area contributed by atoms with Gasteiger partial charge in [-0.15, -0.1) is 11.3 Å². The number of rotatable bonds is 7. The molecule has 2 aromatic rings. The number of aliphatic carboxylic acids is 1. The number of sulfonamides is 1. The van der Waals surface area contributed by atoms with Crippen molar-refractivity contribution in [2.45, 2.75) is 30.3 Å². The number of nitrogens with one attached hydrogen (secondary N) is 2. The summed E-state index contributed by atoms with van der Waals surface area (Å²) in [5, 5.41) is 13.5. The Morgan fingerprint density at radius 1 is 1.19 bits per heavy atom. The summed E-state index contributed by atoms with van der Waals surface area (Å²) in [5.74, 6) is -1.69. The lowest BCUT2D eigenvalue weighted by Gasteiger charge is -2.32. The summed E-state index contributed by atoms with van der Waals surface area (Å²) in [4.78, 5) is 24.0. The molecule has 7 nitrogen and oxygen atoms in total. The molecule has 0 bridgehead atoms. The van der Waals surface area contributed by atoms with Crippen LogP contribution in [0.4, 0.5) is 0 Å². The quantitative estimate of drug-likeness (QED) is 0.663. The highest BCUT2D eigenvalue weighted by molar-refractivity contribution is 7.89. The molecule has 26 heavy (non-hydrogen) atoms. The van der Waals surface area contributed by atoms with E-state index in [4.69, 9.17) is 5.11 Å². The Labute approximate surface area is 155 Å². The van der Waals surface area contributed by atoms with E-state index < -0.39 is 27.8 Å². The molecule has 1 saturated carbocycles. The number of hydrogen-bond acceptors (Lipinski definition) is 5. The molecular formula is C17H18N2O5S2. The maximum absolute atomic E-state index is 12.4. The van der Waals surface area contributed by atoms with Gasteiger partial charge < -0.3 is 10.4 Å². The maximum atomic E-state index is 12.4. The minimum Gasteiger partial charge on any atom is -0.481 e. The Morgan fingerprint density at radius 3 is 2.62 bits per heavy atom. The highest BCUT2D eigenvalue weighted by atomic mass is 32.2. The lowest BCUT2D eigenvalue weighted by atomic mass is 9.80. The van der Waals surface area contributed by atoms with Gasteiger partial charge in [-0.3, -0.25) is 9.59 Å². The minimum absolute atomic E-state index is 0.0127. The summed E-state index contributed by atoms with van der Waals surface area (Å²) in [5.41, 5.74) is 0.225. The van der Waals surface area contributed by atoms with Crippen molar-refractivity contribution in [3.05, 3.63) is 52.2 Å². The predicted molar refractivity (Wildman–Crippen MR) is 96.4 cm³/mol. The van der Waals surface area contributed by atoms with Crippen molar-refractivity contribution >= 4 is 33.2 Å². The number of thiophene rings is 1. The Hall–Kier alpha value is -2.23. The molecule has 0 radical (unpaired) electrons. The molecule has 1 aliphatic rings. The van der Waals surface area contributed by atoms with E-state index in [0.29, 0.717) is 12.8 Å². The first-order chi connectivity index (χ1) is 12.3. The van der Waals surface area contributed by atoms with E-state index in [2.05, 4.69) is 10.0 Å². The second-order valence-electron chi connectivity index (χ2n) is 6.11. The Morgan fingerprint density at radius 2 is 1.96 bits per heavy atom. The zero-order chi connectivity index (χ0) is 18.7. The molecule has 0 aliphatic heterocycles. The second kappa shape index (κ2) is 7.56. The van der Waals surface area contributed by atoms with E-state index in [9.17, 15) is 18.0 Å². The molecule has 1 aromatic carbocycles. The van der Waals surface area contributed by atoms with Gasteiger partial charge in [-0.2, -0.15) is 0 Å². The lowest BCUT2D eigenvalue weighted by Crippen LogP contribution is -2.46. The van der Waals surface area contributed by atoms with Crippen LogP contribution in [0.1, 0.15) is 28.1 Å². The highest BCUT2D eigenvalue weighted by Gasteiger charge is 2.35. The van der Waals surface area contributed by atoms with Crippen LogP contribution >= 0.6 is 11.3 Å². The van der Waals surface area contributed by atoms with Crippen molar-refractivity contribution in [3.63, 3.8) is 0 Å². The first-order valence-electron chi connectivity index (χ1n) is 8.01. The van der Waals surface area contributed by atoms with Crippen LogP contribution in [0.3, 0.4) is 0 Å². The monoisotopic (exact) mass is 394 g/mol. The molecule has 1 aromatic heterocycles. The number of carboxylic acid groups (broad SMARTS) is 1. The van der Waals surface area contributed by atoms with E-state index in [0.717, 1.165) is 4.88 Å². The average Bonchev–Trinajstić information content (AvgIpc) is 3.09. The molecule has 1 amide bonds. The van der Waals surface area contributed by atoms with Crippen molar-refractivity contribution in [2.75, 3.05) is 0 Å². The third kappa shape index (κ3) is 4.29. The van der Waals surface area contributed by atoms with Crippen molar-refractivity contribution in [1.29, 1.82) is 0 Å². The highest BCUT2D eigenvalue weighted by Crippen LogP contribution is 2.27. The fraction of sp³-hybridized carbons (Fsp3) is 0.294. The van der Waals surface area contributed by atoms with Crippen molar-refractivity contribution in [2.24, 2.45) is 5.92 Å². The zero-order valence-electron chi connectivity index (χ0n) is 13.7. The molecule has 3 N–H and O–H groups in total. The van der Waals surface area contributed by atoms with Gasteiger partial charge in [-0.1, -0.05) is 12.1 Å². The molecule has 0 atom stereocenters. The number of carboxylic acids is 1. The van der Waals surface area contributed by atoms with Gasteiger partial charge in [0.2, 0.25) is 10.0 Å². The van der Waals surface area contributed by atoms with Gasteiger partial charge >= 0.3 is 5.97 Å². The fourth-order valence-electron chi connectivity index (χ4n) is 2.67. The number of benzene rings is 1. The van der Waals surface area contributed by atoms with Crippen LogP contribution in [0.5, 0.6) is 0 Å². The third-order valence-electron chi connectivity index (χ3n) is 4.25. The van der Waals surface area contributed by atoms with E-state index in [1.807, 2.05) is 17.5 Å². The maximum Gasteiger partial charge on any atom is 0.306 e. The van der Waals surface area contributed by atoms with Gasteiger partial charge in [-0.05, 0) is 42.5 Å². The van der Waals surface area contributed by atoms with Crippen LogP contribution in [0.2, 0.25) is 0 Å². The number of carbonyl (C=O) groups is 2. The largest absolute Gasteiger partial charge is 0.481 e. The van der Waals surface area contributed by atoms with Crippen molar-refractivity contribution < 1.29 is 23.1 Å². The number of amides is 1. The Balaban J connectivity index is 1.63. The third-order valence-corrected chi connectivity index (χ3v) is 6.52. The van der Waals surface area contributed by atoms with Crippen LogP contribution in [-0.2, 0) is 21.4 Å². The number of carbonyl (C=O) groups excluding carboxylic acids is 1. The molecule has 1 fully saturated rings. The van der Waals surface area contributed by atoms with Gasteiger partial charge in [0, 0.05) is 23.0 Å². The van der Waals surface area contributed by atoms with Crippen LogP contribution in [-0.4, -0.2) is 31.4 Å². The van der Waals surface area contributed by atoms with Gasteiger partial charge in [0.15, 0.2) is 0 Å². The molecule has 0 unspecified atom stereocenters. The van der Waals surface area contributed by atoms with E-state index in [-0.39, 0.29) is 23.0 Å². The summed E-state index contributed by atoms with van der Waals surface area (Å²) >= 11 is 1.45. The van der Waals surface area contributed by atoms with Gasteiger partial charge in [0.05, 0.1) is 10.8 Å². The van der Waals surface area contributed by atoms with Gasteiger partial charge in [0.25, 0.3) is 5.91 Å². The van der Waals surface area contributed by atoms with E-state index in [1.54, 1.807) is 0 Å². The van der Waals surface area contributed by atoms with E-state index >= 15 is 0 Å². The molecule has 138 valence electrons. The molecule has 9 heteroatoms. The predicted octanol–water partition coefficient (Wildman–Crippen LogP) is 1.82. The number of hydrogen-bond donors (Lipinski definition) is 3. The summed E-state index contributed by atoms with van der Waals surface area (Å²) in [6.07, 6.45) is 0.781. The summed E-state index contributed by atoms with van der Waals surface area (Å²) in [6.45, 7) is 0.190. The Kier molecular flexibility index (Phi) is 5.40. The average molecular weight is 394 g/mol. The molecule has 1 aliphatic carbocycles. The SMILES string of the molecule is O=C(NC1CC(C(=O)O)C1)c1cccc(S(=O)(=O)NCc2cccs2)c1. The Bertz CT molecular complexity index is 903. The minimum atomic E-state index is -3.73. The molecule has 0 spiro atoms. The van der Waals surface area contributed by atoms with Gasteiger partial charge in [-0.25, -0.2) is 13.1 Å². The topological polar surface area (TPSA) is 113 Å². The summed E-state index contributed by atoms with van der Waals surface area (Å²) < 4.78 is 27.3. The van der Waals surface area contributed by atoms with Crippen LogP contribution in [0, 0.1) is 5.92 Å². The molecule has 1 heterocycles. The summed E-state index contributed by atoms with van der Waals surface area (Å²) in [7, 11) is -3.73. The van der Waals surface area contributed by atoms with Crippen molar-refractivity contribution in [3.8, 4) is 0 Å². The first-order valence-corrected chi connectivity index (χ1v) is 10.4. The van der Waals surface area contributed by atoms with E-state index in [1.165, 1.54) is 35.6 Å². The standard InChI is InChI=1S/C17H18N2O5S2/c20-16(19-13-7-12(8-13)17(21)22)11-3-1-5-15(9-11)26(23,24)18-10-14-4-2-6-25-14/h1-6,9,12-13,18H,7-8,10H2,(H,19,20)(H,21,22). The van der Waals surface area contributed by atoms with Crippen LogP contribution in [0.25, 0.3) is 0 Å². The van der Waals surface area contributed by atoms with Crippen molar-refractivity contribution in [1.82, 2.24) is 10.0 Å². The zero-order valence-corrected chi connectivity index (χ0v) is 15.3. The fourth-order valence-corrected chi connectivity index (χ4v) is 4.46. The summed E-state index contributed by atoms with van der Waals surface area (Å²) in [6, 6.07) is 9.27. The van der Waals surface area contributed by atoms with Gasteiger partial charge in [0.1, 0.15) is 0 Å². The second-order valence-corrected chi connectivity index (χ2v) is 8.91. The lowest BCUT2D eigenvalue weighted by molar-refractivity contribution is -0.145. The molecule has 3 rings (SSSR count). The smallest absolute Gasteiger partial charge is 0.306 e. The normalized spacial score (nSPS) is 19.5. The molecular weight excluding hydrogens is 376 g/mol. The van der Waals surface area contributed by atoms with Crippen LogP contribution < -0.4 is 10.0 Å². The van der Waals surface area contributed by atoms with Crippen LogP contribution in [0.15, 0.2) is 46.7 Å².